The second-order valence-corrected chi connectivity index (χ2v) is 9.18. The Balaban J connectivity index is 1.36. The van der Waals surface area contributed by atoms with E-state index in [9.17, 15) is 9.59 Å². The number of para-hydroxylation sites is 1. The predicted molar refractivity (Wildman–Crippen MR) is 121 cm³/mol. The maximum atomic E-state index is 12.3. The molecule has 1 aromatic carbocycles. The topological polar surface area (TPSA) is 55.9 Å². The zero-order valence-electron chi connectivity index (χ0n) is 17.5. The van der Waals surface area contributed by atoms with E-state index in [1.807, 2.05) is 28.5 Å². The van der Waals surface area contributed by atoms with Gasteiger partial charge in [-0.3, -0.25) is 4.79 Å². The molecule has 1 N–H and O–H groups in total. The highest BCUT2D eigenvalue weighted by Crippen LogP contribution is 2.38. The highest BCUT2D eigenvalue weighted by Gasteiger charge is 2.47. The lowest BCUT2D eigenvalue weighted by Gasteiger charge is -2.45. The lowest BCUT2D eigenvalue weighted by molar-refractivity contribution is 0.0972. The minimum atomic E-state index is -0.0167. The van der Waals surface area contributed by atoms with Gasteiger partial charge in [-0.2, -0.15) is 0 Å². The van der Waals surface area contributed by atoms with Crippen molar-refractivity contribution in [2.24, 2.45) is 0 Å². The number of carbonyl (C=O) groups excluding carboxylic acids is 2. The quantitative estimate of drug-likeness (QED) is 0.716. The van der Waals surface area contributed by atoms with Crippen LogP contribution in [0.2, 0.25) is 0 Å². The van der Waals surface area contributed by atoms with Crippen LogP contribution in [-0.2, 0) is 0 Å². The molecule has 2 fully saturated rings. The summed E-state index contributed by atoms with van der Waals surface area (Å²) in [5.41, 5.74) is 1.16. The van der Waals surface area contributed by atoms with Crippen LogP contribution in [0.25, 0.3) is 0 Å². The minimum Gasteiger partial charge on any atom is -0.346 e. The Morgan fingerprint density at radius 2 is 1.87 bits per heavy atom. The molecule has 2 aromatic rings. The molecule has 0 bridgehead atoms. The summed E-state index contributed by atoms with van der Waals surface area (Å²) in [4.78, 5) is 32.2. The van der Waals surface area contributed by atoms with E-state index in [1.54, 1.807) is 7.05 Å². The summed E-state index contributed by atoms with van der Waals surface area (Å²) in [5.74, 6) is 0.255. The van der Waals surface area contributed by atoms with Crippen LogP contribution in [0, 0.1) is 0 Å². The third-order valence-corrected chi connectivity index (χ3v) is 7.31. The first-order valence-corrected chi connectivity index (χ1v) is 11.6. The number of benzene rings is 1. The molecule has 0 radical (unpaired) electrons. The van der Waals surface area contributed by atoms with Gasteiger partial charge in [0.2, 0.25) is 0 Å². The van der Waals surface area contributed by atoms with Gasteiger partial charge in [0.1, 0.15) is 0 Å². The molecule has 0 unspecified atom stereocenters. The van der Waals surface area contributed by atoms with Crippen molar-refractivity contribution in [1.29, 1.82) is 0 Å². The van der Waals surface area contributed by atoms with E-state index in [0.29, 0.717) is 13.1 Å². The van der Waals surface area contributed by atoms with Crippen molar-refractivity contribution < 1.29 is 9.59 Å². The molecule has 0 aliphatic carbocycles. The molecule has 2 saturated heterocycles. The summed E-state index contributed by atoms with van der Waals surface area (Å²) in [6.07, 6.45) is 3.56. The molecule has 2 aliphatic rings. The molecule has 7 heteroatoms. The highest BCUT2D eigenvalue weighted by atomic mass is 32.1. The van der Waals surface area contributed by atoms with Crippen LogP contribution in [0.3, 0.4) is 0 Å². The van der Waals surface area contributed by atoms with E-state index in [-0.39, 0.29) is 17.4 Å². The number of ketones is 1. The molecule has 2 aliphatic heterocycles. The Kier molecular flexibility index (Phi) is 6.39. The molecule has 4 rings (SSSR count). The van der Waals surface area contributed by atoms with Gasteiger partial charge in [0, 0.05) is 38.8 Å². The maximum Gasteiger partial charge on any atom is 0.318 e. The normalized spacial score (nSPS) is 18.7. The van der Waals surface area contributed by atoms with Gasteiger partial charge in [0.15, 0.2) is 5.78 Å². The fraction of sp³-hybridized carbons (Fsp3) is 0.478. The lowest BCUT2D eigenvalue weighted by Crippen LogP contribution is -2.54. The number of piperidine rings is 1. The molecule has 0 saturated carbocycles. The number of nitrogens with zero attached hydrogens (tertiary/aromatic N) is 3. The number of carbonyl (C=O) groups is 2. The molecular weight excluding hydrogens is 396 g/mol. The molecule has 3 heterocycles. The minimum absolute atomic E-state index is 0.0117. The molecule has 160 valence electrons. The third-order valence-electron chi connectivity index (χ3n) is 6.40. The van der Waals surface area contributed by atoms with Crippen LogP contribution in [0.4, 0.5) is 10.5 Å². The van der Waals surface area contributed by atoms with Crippen molar-refractivity contribution in [2.45, 2.75) is 31.2 Å². The van der Waals surface area contributed by atoms with Crippen molar-refractivity contribution in [3.8, 4) is 0 Å². The number of urea groups is 1. The zero-order chi connectivity index (χ0) is 21.0. The van der Waals surface area contributed by atoms with Gasteiger partial charge >= 0.3 is 6.03 Å². The SMILES string of the molecule is CNC(=O)N1CN(c2ccccc2)C2(CCN(CCCC(=O)c3cccs3)CC2)C1. The molecule has 1 aromatic heterocycles. The number of amides is 2. The zero-order valence-corrected chi connectivity index (χ0v) is 18.4. The van der Waals surface area contributed by atoms with E-state index >= 15 is 0 Å². The van der Waals surface area contributed by atoms with Crippen molar-refractivity contribution in [3.63, 3.8) is 0 Å². The standard InChI is InChI=1S/C23H30N4O2S/c1-24-22(29)26-17-23(27(18-26)19-7-3-2-4-8-19)11-14-25(15-12-23)13-5-9-20(28)21-10-6-16-30-21/h2-4,6-8,10,16H,5,9,11-15,17-18H2,1H3,(H,24,29). The summed E-state index contributed by atoms with van der Waals surface area (Å²) < 4.78 is 0. The van der Waals surface area contributed by atoms with Crippen LogP contribution >= 0.6 is 11.3 Å². The predicted octanol–water partition coefficient (Wildman–Crippen LogP) is 3.66. The number of hydrogen-bond donors (Lipinski definition) is 1. The van der Waals surface area contributed by atoms with Crippen LogP contribution < -0.4 is 10.2 Å². The molecule has 0 atom stereocenters. The summed E-state index contributed by atoms with van der Waals surface area (Å²) in [6, 6.07) is 14.3. The van der Waals surface area contributed by atoms with Gasteiger partial charge in [0.05, 0.1) is 17.1 Å². The first kappa shape index (κ1) is 20.9. The van der Waals surface area contributed by atoms with Crippen LogP contribution in [-0.4, -0.2) is 67.0 Å². The van der Waals surface area contributed by atoms with E-state index in [2.05, 4.69) is 39.4 Å². The molecule has 6 nitrogen and oxygen atoms in total. The van der Waals surface area contributed by atoms with Crippen LogP contribution in [0.1, 0.15) is 35.4 Å². The number of anilines is 1. The van der Waals surface area contributed by atoms with Crippen LogP contribution in [0.15, 0.2) is 47.8 Å². The van der Waals surface area contributed by atoms with Gasteiger partial charge in [-0.05, 0) is 49.4 Å². The average Bonchev–Trinajstić information content (AvgIpc) is 3.44. The summed E-state index contributed by atoms with van der Waals surface area (Å²) >= 11 is 1.53. The number of thiophene rings is 1. The third kappa shape index (κ3) is 4.37. The Morgan fingerprint density at radius 1 is 1.10 bits per heavy atom. The summed E-state index contributed by atoms with van der Waals surface area (Å²) in [5, 5.41) is 4.74. The van der Waals surface area contributed by atoms with E-state index in [0.717, 1.165) is 50.3 Å². The highest BCUT2D eigenvalue weighted by molar-refractivity contribution is 7.12. The Morgan fingerprint density at radius 3 is 2.53 bits per heavy atom. The van der Waals surface area contributed by atoms with Gasteiger partial charge in [-0.25, -0.2) is 4.79 Å². The number of likely N-dealkylation sites (tertiary alicyclic amines) is 1. The van der Waals surface area contributed by atoms with Gasteiger partial charge in [0.25, 0.3) is 0 Å². The van der Waals surface area contributed by atoms with Gasteiger partial charge < -0.3 is 20.0 Å². The molecular formula is C23H30N4O2S. The number of hydrogen-bond acceptors (Lipinski definition) is 5. The van der Waals surface area contributed by atoms with Crippen molar-refractivity contribution in [3.05, 3.63) is 52.7 Å². The Bertz CT molecular complexity index is 847. The second kappa shape index (κ2) is 9.18. The first-order valence-electron chi connectivity index (χ1n) is 10.7. The first-order chi connectivity index (χ1) is 14.6. The van der Waals surface area contributed by atoms with E-state index < -0.39 is 0 Å². The maximum absolute atomic E-state index is 12.3. The fourth-order valence-corrected chi connectivity index (χ4v) is 5.41. The Hall–Kier alpha value is -2.38. The largest absolute Gasteiger partial charge is 0.346 e. The second-order valence-electron chi connectivity index (χ2n) is 8.23. The number of nitrogens with one attached hydrogen (secondary N) is 1. The summed E-state index contributed by atoms with van der Waals surface area (Å²) in [6.45, 7) is 4.33. The molecule has 1 spiro atoms. The number of Topliss-reactive ketones (excluding diaryl/α,β-unsaturated/α-hetero) is 1. The average molecular weight is 427 g/mol. The summed E-state index contributed by atoms with van der Waals surface area (Å²) in [7, 11) is 1.69. The van der Waals surface area contributed by atoms with Crippen molar-refractivity contribution in [1.82, 2.24) is 15.1 Å². The fourth-order valence-electron chi connectivity index (χ4n) is 4.71. The monoisotopic (exact) mass is 426 g/mol. The van der Waals surface area contributed by atoms with E-state index in [1.165, 1.54) is 17.0 Å². The Labute approximate surface area is 182 Å². The smallest absolute Gasteiger partial charge is 0.318 e. The van der Waals surface area contributed by atoms with Crippen molar-refractivity contribution >= 4 is 28.8 Å². The van der Waals surface area contributed by atoms with Gasteiger partial charge in [-0.1, -0.05) is 24.3 Å². The molecule has 2 amide bonds. The number of rotatable bonds is 6. The van der Waals surface area contributed by atoms with Gasteiger partial charge in [-0.15, -0.1) is 11.3 Å². The molecule has 30 heavy (non-hydrogen) atoms. The van der Waals surface area contributed by atoms with Crippen molar-refractivity contribution in [2.75, 3.05) is 44.8 Å². The van der Waals surface area contributed by atoms with E-state index in [4.69, 9.17) is 0 Å². The lowest BCUT2D eigenvalue weighted by atomic mass is 9.86. The van der Waals surface area contributed by atoms with Crippen LogP contribution in [0.5, 0.6) is 0 Å².